The van der Waals surface area contributed by atoms with Gasteiger partial charge in [-0.1, -0.05) is 4.98 Å². The van der Waals surface area contributed by atoms with Gasteiger partial charge in [0, 0.05) is 6.61 Å². The van der Waals surface area contributed by atoms with E-state index >= 15 is 0 Å². The third-order valence-corrected chi connectivity index (χ3v) is 4.64. The first-order chi connectivity index (χ1) is 10.5. The van der Waals surface area contributed by atoms with Crippen LogP contribution >= 0.6 is 0 Å². The maximum Gasteiger partial charge on any atom is 0.434 e. The van der Waals surface area contributed by atoms with Crippen molar-refractivity contribution in [1.29, 1.82) is 0 Å². The molecule has 0 aromatic carbocycles. The van der Waals surface area contributed by atoms with Gasteiger partial charge in [-0.3, -0.25) is 0 Å². The van der Waals surface area contributed by atoms with Crippen molar-refractivity contribution in [1.82, 2.24) is 9.55 Å². The minimum Gasteiger partial charge on any atom is -0.417 e. The van der Waals surface area contributed by atoms with Crippen molar-refractivity contribution >= 4 is 14.3 Å². The van der Waals surface area contributed by atoms with Crippen LogP contribution in [0.5, 0.6) is 0 Å². The minimum atomic E-state index is -1.73. The summed E-state index contributed by atoms with van der Waals surface area (Å²) in [4.78, 5) is 14.4. The van der Waals surface area contributed by atoms with Gasteiger partial charge < -0.3 is 24.0 Å². The Morgan fingerprint density at radius 3 is 2.52 bits per heavy atom. The van der Waals surface area contributed by atoms with Crippen LogP contribution in [0.4, 0.5) is 5.95 Å². The number of ether oxygens (including phenoxy) is 2. The normalized spacial score (nSPS) is 20.4. The van der Waals surface area contributed by atoms with Gasteiger partial charge in [0.2, 0.25) is 0 Å². The van der Waals surface area contributed by atoms with Crippen molar-refractivity contribution in [3.63, 3.8) is 0 Å². The van der Waals surface area contributed by atoms with Crippen LogP contribution in [0.2, 0.25) is 19.6 Å². The zero-order chi connectivity index (χ0) is 17.3. The van der Waals surface area contributed by atoms with Crippen molar-refractivity contribution in [3.05, 3.63) is 22.5 Å². The van der Waals surface area contributed by atoms with Gasteiger partial charge in [-0.05, 0) is 38.4 Å². The lowest BCUT2D eigenvalue weighted by Gasteiger charge is -2.43. The average molecular weight is 343 g/mol. The van der Waals surface area contributed by atoms with Gasteiger partial charge in [0.05, 0.1) is 25.2 Å². The van der Waals surface area contributed by atoms with E-state index in [4.69, 9.17) is 13.9 Å². The monoisotopic (exact) mass is 343 g/mol. The standard InChI is InChI=1S/C14H25N3O5Si/c1-13(2)20-9-14(10-21-13,11-22-23(3,4)5)8-16-7-6-15-12(16)17(18)19/h6-7H,8-11H2,1-5H3. The molecule has 2 heterocycles. The van der Waals surface area contributed by atoms with Crippen LogP contribution in [0.1, 0.15) is 13.8 Å². The van der Waals surface area contributed by atoms with Crippen molar-refractivity contribution in [2.45, 2.75) is 45.8 Å². The Kier molecular flexibility index (Phi) is 4.95. The SMILES string of the molecule is CC1(C)OCC(CO[Si](C)(C)C)(Cn2ccnc2[N+](=O)[O-])CO1. The Hall–Kier alpha value is -1.29. The van der Waals surface area contributed by atoms with Crippen LogP contribution in [-0.2, 0) is 20.4 Å². The van der Waals surface area contributed by atoms with Crippen LogP contribution in [-0.4, -0.2) is 48.4 Å². The Balaban J connectivity index is 2.20. The fraction of sp³-hybridized carbons (Fsp3) is 0.786. The van der Waals surface area contributed by atoms with Crippen LogP contribution in [0, 0.1) is 15.5 Å². The molecule has 0 spiro atoms. The molecule has 1 aromatic rings. The molecule has 1 saturated heterocycles. The molecule has 1 aliphatic heterocycles. The molecule has 0 saturated carbocycles. The Morgan fingerprint density at radius 2 is 2.00 bits per heavy atom. The molecule has 0 atom stereocenters. The zero-order valence-electron chi connectivity index (χ0n) is 14.4. The number of hydrogen-bond acceptors (Lipinski definition) is 6. The van der Waals surface area contributed by atoms with E-state index in [1.165, 1.54) is 10.8 Å². The van der Waals surface area contributed by atoms with E-state index in [1.807, 2.05) is 13.8 Å². The summed E-state index contributed by atoms with van der Waals surface area (Å²) in [6.07, 6.45) is 3.04. The van der Waals surface area contributed by atoms with E-state index in [2.05, 4.69) is 24.6 Å². The van der Waals surface area contributed by atoms with Crippen LogP contribution in [0.3, 0.4) is 0 Å². The van der Waals surface area contributed by atoms with E-state index in [0.29, 0.717) is 26.4 Å². The molecule has 2 rings (SSSR count). The number of hydrogen-bond donors (Lipinski definition) is 0. The van der Waals surface area contributed by atoms with Gasteiger partial charge in [-0.15, -0.1) is 0 Å². The van der Waals surface area contributed by atoms with Gasteiger partial charge >= 0.3 is 5.95 Å². The summed E-state index contributed by atoms with van der Waals surface area (Å²) >= 11 is 0. The molecule has 0 radical (unpaired) electrons. The van der Waals surface area contributed by atoms with Crippen molar-refractivity contribution in [2.75, 3.05) is 19.8 Å². The second-order valence-corrected chi connectivity index (χ2v) is 12.0. The molecular weight excluding hydrogens is 318 g/mol. The summed E-state index contributed by atoms with van der Waals surface area (Å²) in [5.41, 5.74) is -0.471. The van der Waals surface area contributed by atoms with Crippen molar-refractivity contribution in [3.8, 4) is 0 Å². The van der Waals surface area contributed by atoms with Gasteiger partial charge in [0.25, 0.3) is 0 Å². The Morgan fingerprint density at radius 1 is 1.39 bits per heavy atom. The molecule has 0 N–H and O–H groups in total. The van der Waals surface area contributed by atoms with E-state index < -0.39 is 24.4 Å². The van der Waals surface area contributed by atoms with Gasteiger partial charge in [-0.2, -0.15) is 0 Å². The molecule has 1 aromatic heterocycles. The maximum absolute atomic E-state index is 11.1. The summed E-state index contributed by atoms with van der Waals surface area (Å²) in [5.74, 6) is -0.828. The first kappa shape index (κ1) is 18.1. The van der Waals surface area contributed by atoms with Crippen LogP contribution in [0.15, 0.2) is 12.4 Å². The largest absolute Gasteiger partial charge is 0.434 e. The molecule has 0 unspecified atom stereocenters. The number of imidazole rings is 1. The topological polar surface area (TPSA) is 88.7 Å². The number of aromatic nitrogens is 2. The fourth-order valence-corrected chi connectivity index (χ4v) is 3.02. The lowest BCUT2D eigenvalue weighted by atomic mass is 9.89. The summed E-state index contributed by atoms with van der Waals surface area (Å²) in [6, 6.07) is 0. The predicted molar refractivity (Wildman–Crippen MR) is 86.6 cm³/mol. The Labute approximate surface area is 137 Å². The van der Waals surface area contributed by atoms with Crippen LogP contribution in [0.25, 0.3) is 0 Å². The third kappa shape index (κ3) is 4.84. The number of nitro groups is 1. The molecule has 130 valence electrons. The summed E-state index contributed by atoms with van der Waals surface area (Å²) in [7, 11) is -1.73. The maximum atomic E-state index is 11.1. The van der Waals surface area contributed by atoms with E-state index in [0.717, 1.165) is 0 Å². The smallest absolute Gasteiger partial charge is 0.417 e. The lowest BCUT2D eigenvalue weighted by molar-refractivity contribution is -0.397. The summed E-state index contributed by atoms with van der Waals surface area (Å²) in [6.45, 7) is 11.7. The molecule has 9 heteroatoms. The fourth-order valence-electron chi connectivity index (χ4n) is 2.29. The molecule has 8 nitrogen and oxygen atoms in total. The molecule has 0 bridgehead atoms. The Bertz CT molecular complexity index is 557. The highest BCUT2D eigenvalue weighted by Gasteiger charge is 2.43. The summed E-state index contributed by atoms with van der Waals surface area (Å²) < 4.78 is 19.2. The molecular formula is C14H25N3O5Si. The highest BCUT2D eigenvalue weighted by molar-refractivity contribution is 6.69. The highest BCUT2D eigenvalue weighted by atomic mass is 28.4. The number of nitrogens with zero attached hydrogens (tertiary/aromatic N) is 3. The van der Waals surface area contributed by atoms with Gasteiger partial charge in [0.15, 0.2) is 14.1 Å². The molecule has 0 aliphatic carbocycles. The molecule has 0 amide bonds. The molecule has 23 heavy (non-hydrogen) atoms. The van der Waals surface area contributed by atoms with E-state index in [-0.39, 0.29) is 5.95 Å². The number of rotatable bonds is 6. The quantitative estimate of drug-likeness (QED) is 0.448. The zero-order valence-corrected chi connectivity index (χ0v) is 15.4. The molecule has 1 aliphatic rings. The highest BCUT2D eigenvalue weighted by Crippen LogP contribution is 2.33. The second-order valence-electron chi connectivity index (χ2n) is 7.49. The third-order valence-electron chi connectivity index (χ3n) is 3.63. The summed E-state index contributed by atoms with van der Waals surface area (Å²) in [5, 5.41) is 11.1. The van der Waals surface area contributed by atoms with Crippen LogP contribution < -0.4 is 0 Å². The van der Waals surface area contributed by atoms with E-state index in [9.17, 15) is 10.1 Å². The average Bonchev–Trinajstić information content (AvgIpc) is 2.87. The van der Waals surface area contributed by atoms with Gasteiger partial charge in [0.1, 0.15) is 12.4 Å². The van der Waals surface area contributed by atoms with Gasteiger partial charge in [-0.25, -0.2) is 4.57 Å². The molecule has 1 fully saturated rings. The van der Waals surface area contributed by atoms with Crippen molar-refractivity contribution < 1.29 is 18.8 Å². The first-order valence-electron chi connectivity index (χ1n) is 7.59. The predicted octanol–water partition coefficient (Wildman–Crippen LogP) is 2.41. The first-order valence-corrected chi connectivity index (χ1v) is 11.0. The van der Waals surface area contributed by atoms with Crippen molar-refractivity contribution in [2.24, 2.45) is 5.41 Å². The second kappa shape index (κ2) is 6.31. The lowest BCUT2D eigenvalue weighted by Crippen LogP contribution is -2.52. The van der Waals surface area contributed by atoms with E-state index in [1.54, 1.807) is 6.20 Å². The minimum absolute atomic E-state index is 0.179.